The molecule has 12 nitrogen and oxygen atoms in total. The van der Waals surface area contributed by atoms with Gasteiger partial charge in [0.2, 0.25) is 0 Å². The number of nitrogens with zero attached hydrogens (tertiary/aromatic N) is 6. The van der Waals surface area contributed by atoms with Gasteiger partial charge in [0, 0.05) is 48.9 Å². The Labute approximate surface area is 274 Å². The Kier molecular flexibility index (Phi) is 9.75. The predicted octanol–water partition coefficient (Wildman–Crippen LogP) is 5.70. The van der Waals surface area contributed by atoms with Crippen molar-refractivity contribution in [2.45, 2.75) is 71.5 Å². The van der Waals surface area contributed by atoms with Crippen LogP contribution >= 0.6 is 0 Å². The molecule has 0 aliphatic carbocycles. The van der Waals surface area contributed by atoms with Gasteiger partial charge in [-0.3, -0.25) is 5.10 Å². The third-order valence-corrected chi connectivity index (χ3v) is 9.08. The number of hydrogen-bond acceptors (Lipinski definition) is 6. The summed E-state index contributed by atoms with van der Waals surface area (Å²) in [5.41, 5.74) is 7.59. The van der Waals surface area contributed by atoms with Crippen molar-refractivity contribution in [2.24, 2.45) is 0 Å². The summed E-state index contributed by atoms with van der Waals surface area (Å²) in [7, 11) is 0. The molecule has 244 valence electrons. The molecular weight excluding hydrogens is 592 g/mol. The van der Waals surface area contributed by atoms with Gasteiger partial charge in [-0.1, -0.05) is 73.7 Å². The van der Waals surface area contributed by atoms with Crippen LogP contribution < -0.4 is 10.6 Å². The van der Waals surface area contributed by atoms with Crippen LogP contribution in [0.2, 0.25) is 0 Å². The highest BCUT2D eigenvalue weighted by Gasteiger charge is 2.33. The molecule has 2 aromatic heterocycles. The van der Waals surface area contributed by atoms with Crippen LogP contribution in [0.4, 0.5) is 15.3 Å². The summed E-state index contributed by atoms with van der Waals surface area (Å²) in [5.74, 6) is 0.434. The zero-order valence-corrected chi connectivity index (χ0v) is 27.2. The lowest BCUT2D eigenvalue weighted by Gasteiger charge is -2.40. The van der Waals surface area contributed by atoms with Gasteiger partial charge in [-0.25, -0.2) is 9.59 Å². The molecule has 2 aliphatic heterocycles. The first-order valence-corrected chi connectivity index (χ1v) is 16.4. The lowest BCUT2D eigenvalue weighted by molar-refractivity contribution is 0.127. The first-order chi connectivity index (χ1) is 22.9. The molecule has 3 aromatic carbocycles. The first kappa shape index (κ1) is 31.7. The molecule has 0 saturated carbocycles. The fraction of sp³-hybridized carbons (Fsp3) is 0.371. The highest BCUT2D eigenvalue weighted by Crippen LogP contribution is 2.28. The second kappa shape index (κ2) is 14.4. The van der Waals surface area contributed by atoms with E-state index >= 15 is 0 Å². The van der Waals surface area contributed by atoms with Crippen LogP contribution in [0.5, 0.6) is 0 Å². The standard InChI is InChI=1S/C27H32N10O2.C8H10/c1-3-18-12-17(13-21-16(2)30-31-24(18)21)14-23(25-32-34-35-33-25)29-26(38)36-10-8-20(9-11-36)37-15-19-6-4-5-7-22(19)28-27(37)39;1-2-8-6-4-3-5-7-8/h4-7,12-13,20,23H,3,8-11,14-15H2,1-2H3,(H,28,39)(H,29,38)(H,30,31)(H,32,33,34,35);3-7H,2H2,1H3. The largest absolute Gasteiger partial charge is 0.327 e. The number of anilines is 1. The summed E-state index contributed by atoms with van der Waals surface area (Å²) in [4.78, 5) is 29.8. The van der Waals surface area contributed by atoms with E-state index in [1.165, 1.54) is 5.56 Å². The van der Waals surface area contributed by atoms with Crippen LogP contribution in [-0.4, -0.2) is 71.8 Å². The fourth-order valence-corrected chi connectivity index (χ4v) is 6.38. The number of H-pyrrole nitrogens is 2. The molecule has 1 unspecified atom stereocenters. The predicted molar refractivity (Wildman–Crippen MR) is 181 cm³/mol. The van der Waals surface area contributed by atoms with Crippen molar-refractivity contribution in [1.82, 2.24) is 45.9 Å². The quantitative estimate of drug-likeness (QED) is 0.181. The van der Waals surface area contributed by atoms with Crippen molar-refractivity contribution in [2.75, 3.05) is 18.4 Å². The zero-order chi connectivity index (χ0) is 32.8. The highest BCUT2D eigenvalue weighted by atomic mass is 16.2. The van der Waals surface area contributed by atoms with Gasteiger partial charge in [0.1, 0.15) is 0 Å². The molecular formula is C35H42N10O2. The van der Waals surface area contributed by atoms with Crippen molar-refractivity contribution in [3.05, 3.63) is 101 Å². The monoisotopic (exact) mass is 634 g/mol. The molecule has 7 rings (SSSR count). The summed E-state index contributed by atoms with van der Waals surface area (Å²) in [5, 5.41) is 29.3. The van der Waals surface area contributed by atoms with Gasteiger partial charge in [0.05, 0.1) is 11.6 Å². The van der Waals surface area contributed by atoms with Gasteiger partial charge in [-0.05, 0) is 67.0 Å². The van der Waals surface area contributed by atoms with Crippen LogP contribution in [0.3, 0.4) is 0 Å². The van der Waals surface area contributed by atoms with Gasteiger partial charge in [0.25, 0.3) is 0 Å². The molecule has 0 bridgehead atoms. The molecule has 4 amide bonds. The van der Waals surface area contributed by atoms with Gasteiger partial charge in [-0.2, -0.15) is 10.3 Å². The lowest BCUT2D eigenvalue weighted by Crippen LogP contribution is -2.53. The maximum Gasteiger partial charge on any atom is 0.322 e. The Bertz CT molecular complexity index is 1800. The Morgan fingerprint density at radius 1 is 0.979 bits per heavy atom. The Morgan fingerprint density at radius 2 is 1.74 bits per heavy atom. The van der Waals surface area contributed by atoms with E-state index < -0.39 is 6.04 Å². The number of benzene rings is 3. The van der Waals surface area contributed by atoms with Crippen LogP contribution in [0, 0.1) is 6.92 Å². The van der Waals surface area contributed by atoms with Crippen LogP contribution in [0.15, 0.2) is 66.7 Å². The van der Waals surface area contributed by atoms with E-state index in [2.05, 4.69) is 91.7 Å². The molecule has 1 atom stereocenters. The highest BCUT2D eigenvalue weighted by molar-refractivity contribution is 5.92. The van der Waals surface area contributed by atoms with Gasteiger partial charge in [-0.15, -0.1) is 10.2 Å². The maximum atomic E-state index is 13.4. The fourth-order valence-electron chi connectivity index (χ4n) is 6.38. The van der Waals surface area contributed by atoms with Crippen molar-refractivity contribution < 1.29 is 9.59 Å². The van der Waals surface area contributed by atoms with E-state index in [-0.39, 0.29) is 18.1 Å². The van der Waals surface area contributed by atoms with Gasteiger partial charge >= 0.3 is 12.1 Å². The van der Waals surface area contributed by atoms with Crippen LogP contribution in [0.1, 0.15) is 66.5 Å². The van der Waals surface area contributed by atoms with Gasteiger partial charge in [0.15, 0.2) is 5.82 Å². The van der Waals surface area contributed by atoms with E-state index in [4.69, 9.17) is 0 Å². The van der Waals surface area contributed by atoms with Crippen molar-refractivity contribution in [3.8, 4) is 0 Å². The van der Waals surface area contributed by atoms with E-state index in [1.54, 1.807) is 4.90 Å². The number of amides is 4. The number of likely N-dealkylation sites (tertiary alicyclic amines) is 1. The van der Waals surface area contributed by atoms with Gasteiger partial charge < -0.3 is 20.4 Å². The Balaban J connectivity index is 0.000000424. The first-order valence-electron chi connectivity index (χ1n) is 16.4. The average Bonchev–Trinajstić information content (AvgIpc) is 3.79. The number of urea groups is 2. The van der Waals surface area contributed by atoms with Crippen molar-refractivity contribution >= 4 is 28.7 Å². The minimum atomic E-state index is -0.451. The summed E-state index contributed by atoms with van der Waals surface area (Å²) in [6.07, 6.45) is 3.94. The number of carbonyl (C=O) groups is 2. The van der Waals surface area contributed by atoms with E-state index in [1.807, 2.05) is 42.2 Å². The molecule has 5 aromatic rings. The molecule has 2 aliphatic rings. The molecule has 4 N–H and O–H groups in total. The summed E-state index contributed by atoms with van der Waals surface area (Å²) in [6.45, 7) is 7.97. The van der Waals surface area contributed by atoms with Crippen molar-refractivity contribution in [3.63, 3.8) is 0 Å². The molecule has 47 heavy (non-hydrogen) atoms. The number of carbonyl (C=O) groups excluding carboxylic acids is 2. The topological polar surface area (TPSA) is 148 Å². The number of nitrogens with one attached hydrogen (secondary N) is 4. The number of piperidine rings is 1. The molecule has 4 heterocycles. The van der Waals surface area contributed by atoms with E-state index in [9.17, 15) is 9.59 Å². The zero-order valence-electron chi connectivity index (χ0n) is 27.2. The lowest BCUT2D eigenvalue weighted by atomic mass is 9.98. The number of aromatic amines is 2. The second-order valence-corrected chi connectivity index (χ2v) is 12.1. The minimum Gasteiger partial charge on any atom is -0.327 e. The molecule has 1 fully saturated rings. The maximum absolute atomic E-state index is 13.4. The number of aromatic nitrogens is 6. The minimum absolute atomic E-state index is 0.0767. The number of hydrogen-bond donors (Lipinski definition) is 4. The smallest absolute Gasteiger partial charge is 0.322 e. The number of aryl methyl sites for hydroxylation is 3. The Morgan fingerprint density at radius 3 is 2.45 bits per heavy atom. The molecule has 12 heteroatoms. The normalized spacial score (nSPS) is 15.4. The summed E-state index contributed by atoms with van der Waals surface area (Å²) in [6, 6.07) is 21.9. The van der Waals surface area contributed by atoms with E-state index in [0.717, 1.165) is 51.8 Å². The van der Waals surface area contributed by atoms with Crippen LogP contribution in [-0.2, 0) is 25.8 Å². The number of fused-ring (bicyclic) bond motifs is 2. The number of rotatable bonds is 7. The summed E-state index contributed by atoms with van der Waals surface area (Å²) >= 11 is 0. The second-order valence-electron chi connectivity index (χ2n) is 12.1. The van der Waals surface area contributed by atoms with E-state index in [0.29, 0.717) is 44.7 Å². The Hall–Kier alpha value is -5.26. The SMILES string of the molecule is CCc1cc(CC(NC(=O)N2CCC(N3Cc4ccccc4NC3=O)CC2)c2nn[nH]n2)cc2c(C)[nH]nc12.CCc1ccccc1. The molecule has 0 spiro atoms. The third-order valence-electron chi connectivity index (χ3n) is 9.08. The third kappa shape index (κ3) is 7.26. The molecule has 0 radical (unpaired) electrons. The van der Waals surface area contributed by atoms with Crippen molar-refractivity contribution in [1.29, 1.82) is 0 Å². The number of para-hydroxylation sites is 1. The number of tetrazole rings is 1. The van der Waals surface area contributed by atoms with Crippen LogP contribution in [0.25, 0.3) is 10.9 Å². The molecule has 1 saturated heterocycles. The summed E-state index contributed by atoms with van der Waals surface area (Å²) < 4.78 is 0. The average molecular weight is 635 g/mol.